The first-order chi connectivity index (χ1) is 26.8. The number of benzene rings is 12. The molecule has 248 valence electrons. The Morgan fingerprint density at radius 1 is 0.204 bits per heavy atom. The zero-order chi connectivity index (χ0) is 35.3. The van der Waals surface area contributed by atoms with E-state index in [0.29, 0.717) is 0 Å². The Labute approximate surface area is 312 Å². The van der Waals surface area contributed by atoms with Crippen LogP contribution >= 0.6 is 0 Å². The molecule has 0 aliphatic carbocycles. The molecule has 0 spiro atoms. The van der Waals surface area contributed by atoms with Gasteiger partial charge in [0.25, 0.3) is 0 Å². The Morgan fingerprint density at radius 2 is 0.685 bits per heavy atom. The molecule has 0 aliphatic rings. The van der Waals surface area contributed by atoms with E-state index in [-0.39, 0.29) is 0 Å². The van der Waals surface area contributed by atoms with Crippen molar-refractivity contribution in [1.29, 1.82) is 0 Å². The predicted octanol–water partition coefficient (Wildman–Crippen LogP) is 15.3. The lowest BCUT2D eigenvalue weighted by atomic mass is 9.82. The molecule has 0 heteroatoms. The molecule has 0 atom stereocenters. The van der Waals surface area contributed by atoms with Crippen molar-refractivity contribution in [2.45, 2.75) is 0 Å². The highest BCUT2D eigenvalue weighted by Crippen LogP contribution is 2.48. The fourth-order valence-electron chi connectivity index (χ4n) is 9.55. The van der Waals surface area contributed by atoms with Crippen LogP contribution in [0.4, 0.5) is 0 Å². The second kappa shape index (κ2) is 11.2. The molecule has 0 unspecified atom stereocenters. The van der Waals surface area contributed by atoms with E-state index < -0.39 is 0 Å². The quantitative estimate of drug-likeness (QED) is 0.162. The van der Waals surface area contributed by atoms with Gasteiger partial charge in [0, 0.05) is 0 Å². The van der Waals surface area contributed by atoms with Crippen LogP contribution in [0.15, 0.2) is 194 Å². The van der Waals surface area contributed by atoms with E-state index in [9.17, 15) is 0 Å². The molecule has 0 saturated carbocycles. The summed E-state index contributed by atoms with van der Waals surface area (Å²) in [6.45, 7) is 0. The molecule has 0 aromatic heterocycles. The van der Waals surface area contributed by atoms with Crippen molar-refractivity contribution < 1.29 is 0 Å². The third-order valence-corrected chi connectivity index (χ3v) is 11.9. The van der Waals surface area contributed by atoms with E-state index in [4.69, 9.17) is 0 Å². The Morgan fingerprint density at radius 3 is 1.35 bits per heavy atom. The average molecular weight is 681 g/mol. The van der Waals surface area contributed by atoms with Crippen molar-refractivity contribution in [2.24, 2.45) is 0 Å². The van der Waals surface area contributed by atoms with Crippen molar-refractivity contribution in [3.8, 4) is 44.5 Å². The summed E-state index contributed by atoms with van der Waals surface area (Å²) in [5.41, 5.74) is 9.94. The zero-order valence-electron chi connectivity index (χ0n) is 29.5. The fourth-order valence-corrected chi connectivity index (χ4v) is 9.55. The normalized spacial score (nSPS) is 12.1. The molecule has 12 aromatic carbocycles. The molecule has 12 rings (SSSR count). The van der Waals surface area contributed by atoms with Crippen LogP contribution in [0.3, 0.4) is 0 Å². The second-order valence-corrected chi connectivity index (χ2v) is 14.8. The van der Waals surface area contributed by atoms with Gasteiger partial charge >= 0.3 is 0 Å². The van der Waals surface area contributed by atoms with Crippen LogP contribution in [0, 0.1) is 0 Å². The van der Waals surface area contributed by atoms with E-state index in [1.807, 2.05) is 0 Å². The molecule has 54 heavy (non-hydrogen) atoms. The van der Waals surface area contributed by atoms with Gasteiger partial charge in [-0.05, 0) is 132 Å². The van der Waals surface area contributed by atoms with Crippen molar-refractivity contribution in [3.05, 3.63) is 194 Å². The van der Waals surface area contributed by atoms with Gasteiger partial charge in [-0.15, -0.1) is 0 Å². The monoisotopic (exact) mass is 680 g/mol. The van der Waals surface area contributed by atoms with Crippen LogP contribution in [-0.2, 0) is 0 Å². The number of hydrogen-bond acceptors (Lipinski definition) is 0. The van der Waals surface area contributed by atoms with Gasteiger partial charge in [0.1, 0.15) is 0 Å². The Hall–Kier alpha value is -7.02. The van der Waals surface area contributed by atoms with Gasteiger partial charge in [-0.1, -0.05) is 182 Å². The average Bonchev–Trinajstić information content (AvgIpc) is 3.24. The van der Waals surface area contributed by atoms with E-state index in [0.717, 1.165) is 0 Å². The summed E-state index contributed by atoms with van der Waals surface area (Å²) in [6.07, 6.45) is 0. The Balaban J connectivity index is 1.19. The van der Waals surface area contributed by atoms with Gasteiger partial charge in [-0.2, -0.15) is 0 Å². The van der Waals surface area contributed by atoms with Gasteiger partial charge in [0.05, 0.1) is 0 Å². The van der Waals surface area contributed by atoms with Crippen molar-refractivity contribution in [3.63, 3.8) is 0 Å². The fraction of sp³-hybridized carbons (Fsp3) is 0. The topological polar surface area (TPSA) is 0 Å². The van der Waals surface area contributed by atoms with Crippen LogP contribution in [0.1, 0.15) is 0 Å². The maximum Gasteiger partial charge on any atom is -0.00204 e. The third kappa shape index (κ3) is 4.20. The molecular formula is C54H32. The van der Waals surface area contributed by atoms with E-state index in [1.54, 1.807) is 0 Å². The first kappa shape index (κ1) is 29.5. The molecule has 12 aromatic rings. The molecule has 0 saturated heterocycles. The van der Waals surface area contributed by atoms with Crippen molar-refractivity contribution in [1.82, 2.24) is 0 Å². The largest absolute Gasteiger partial charge is 0.0622 e. The van der Waals surface area contributed by atoms with Crippen LogP contribution < -0.4 is 0 Å². The lowest BCUT2D eigenvalue weighted by Gasteiger charge is -2.21. The third-order valence-electron chi connectivity index (χ3n) is 11.9. The number of rotatable bonds is 4. The highest BCUT2D eigenvalue weighted by Gasteiger charge is 2.21. The summed E-state index contributed by atoms with van der Waals surface area (Å²) in [4.78, 5) is 0. The van der Waals surface area contributed by atoms with Gasteiger partial charge in [-0.25, -0.2) is 0 Å². The first-order valence-electron chi connectivity index (χ1n) is 18.8. The smallest absolute Gasteiger partial charge is 0.00204 e. The van der Waals surface area contributed by atoms with Gasteiger partial charge in [-0.3, -0.25) is 0 Å². The van der Waals surface area contributed by atoms with Crippen molar-refractivity contribution in [2.75, 3.05) is 0 Å². The van der Waals surface area contributed by atoms with Crippen molar-refractivity contribution >= 4 is 75.4 Å². The Bertz CT molecular complexity index is 3390. The van der Waals surface area contributed by atoms with Crippen LogP contribution in [0.2, 0.25) is 0 Å². The molecular weight excluding hydrogens is 649 g/mol. The highest BCUT2D eigenvalue weighted by atomic mass is 14.2. The molecule has 0 bridgehead atoms. The second-order valence-electron chi connectivity index (χ2n) is 14.8. The van der Waals surface area contributed by atoms with E-state index in [2.05, 4.69) is 194 Å². The van der Waals surface area contributed by atoms with Gasteiger partial charge < -0.3 is 0 Å². The van der Waals surface area contributed by atoms with Crippen LogP contribution in [-0.4, -0.2) is 0 Å². The maximum atomic E-state index is 2.46. The summed E-state index contributed by atoms with van der Waals surface area (Å²) < 4.78 is 0. The van der Waals surface area contributed by atoms with E-state index >= 15 is 0 Å². The Kier molecular flexibility index (Phi) is 6.15. The predicted molar refractivity (Wildman–Crippen MR) is 233 cm³/mol. The lowest BCUT2D eigenvalue weighted by molar-refractivity contribution is 1.58. The number of hydrogen-bond donors (Lipinski definition) is 0. The minimum atomic E-state index is 1.22. The summed E-state index contributed by atoms with van der Waals surface area (Å²) in [6, 6.07) is 72.6. The van der Waals surface area contributed by atoms with Gasteiger partial charge in [0.2, 0.25) is 0 Å². The molecule has 0 aliphatic heterocycles. The maximum absolute atomic E-state index is 2.46. The summed E-state index contributed by atoms with van der Waals surface area (Å²) in [5, 5.41) is 18.2. The minimum Gasteiger partial charge on any atom is -0.0622 e. The van der Waals surface area contributed by atoms with Gasteiger partial charge in [0.15, 0.2) is 0 Å². The SMILES string of the molecule is c1ccc(-c2cccc(-c3cc(-c4ccc5ccc6cccc7ccc4c5c67)cc4ccccc34)c2-c2ccc3ccc4cccc5ccc2c3c45)cc1. The molecule has 0 amide bonds. The summed E-state index contributed by atoms with van der Waals surface area (Å²) >= 11 is 0. The molecule has 0 radical (unpaired) electrons. The number of fused-ring (bicyclic) bond motifs is 1. The summed E-state index contributed by atoms with van der Waals surface area (Å²) in [5.74, 6) is 0. The molecule has 0 nitrogen and oxygen atoms in total. The summed E-state index contributed by atoms with van der Waals surface area (Å²) in [7, 11) is 0. The van der Waals surface area contributed by atoms with Crippen LogP contribution in [0.25, 0.3) is 120 Å². The highest BCUT2D eigenvalue weighted by molar-refractivity contribution is 6.27. The molecule has 0 fully saturated rings. The lowest BCUT2D eigenvalue weighted by Crippen LogP contribution is -1.94. The minimum absolute atomic E-state index is 1.22. The zero-order valence-corrected chi connectivity index (χ0v) is 29.5. The molecule has 0 N–H and O–H groups in total. The molecule has 0 heterocycles. The standard InChI is InChI=1S/C54H32/c1-2-9-33(10-3-1)44-17-8-18-45(54(44)48-30-26-39-22-20-35-13-7-15-37-25-29-47(48)53(39)51(35)37)49-32-41(31-40-11-4-5-16-42(40)49)43-27-23-38-21-19-34-12-6-14-36-24-28-46(43)52(38)50(34)36/h1-32H. The van der Waals surface area contributed by atoms with E-state index in [1.165, 1.54) is 120 Å². The first-order valence-corrected chi connectivity index (χ1v) is 18.8. The van der Waals surface area contributed by atoms with Crippen LogP contribution in [0.5, 0.6) is 0 Å².